The topological polar surface area (TPSA) is 71.7 Å². The van der Waals surface area contributed by atoms with Crippen LogP contribution in [0.5, 0.6) is 0 Å². The summed E-state index contributed by atoms with van der Waals surface area (Å²) in [6.45, 7) is 5.16. The van der Waals surface area contributed by atoms with E-state index in [2.05, 4.69) is 15.0 Å². The molecule has 0 spiro atoms. The first-order chi connectivity index (χ1) is 12.8. The van der Waals surface area contributed by atoms with Crippen LogP contribution >= 0.6 is 0 Å². The molecule has 1 aromatic carbocycles. The van der Waals surface area contributed by atoms with Gasteiger partial charge in [0.25, 0.3) is 0 Å². The van der Waals surface area contributed by atoms with Crippen molar-refractivity contribution >= 4 is 5.91 Å². The molecular formula is C19H24N4O3. The smallest absolute Gasteiger partial charge is 0.241 e. The Morgan fingerprint density at radius 3 is 2.54 bits per heavy atom. The molecule has 7 nitrogen and oxygen atoms in total. The first kappa shape index (κ1) is 17.2. The molecule has 1 aromatic heterocycles. The maximum Gasteiger partial charge on any atom is 0.241 e. The van der Waals surface area contributed by atoms with E-state index in [-0.39, 0.29) is 11.8 Å². The maximum absolute atomic E-state index is 12.6. The van der Waals surface area contributed by atoms with Crippen molar-refractivity contribution < 1.29 is 14.1 Å². The number of amides is 1. The van der Waals surface area contributed by atoms with E-state index in [4.69, 9.17) is 9.26 Å². The monoisotopic (exact) mass is 356 g/mol. The van der Waals surface area contributed by atoms with Crippen LogP contribution in [0.25, 0.3) is 11.4 Å². The average molecular weight is 356 g/mol. The number of aromatic nitrogens is 2. The fourth-order valence-corrected chi connectivity index (χ4v) is 3.59. The molecule has 0 atom stereocenters. The molecule has 2 aliphatic heterocycles. The van der Waals surface area contributed by atoms with Gasteiger partial charge in [-0.1, -0.05) is 35.5 Å². The van der Waals surface area contributed by atoms with Gasteiger partial charge in [0.1, 0.15) is 0 Å². The third kappa shape index (κ3) is 3.94. The molecule has 0 saturated carbocycles. The van der Waals surface area contributed by atoms with E-state index in [0.29, 0.717) is 31.5 Å². The Labute approximate surface area is 152 Å². The Kier molecular flexibility index (Phi) is 5.26. The Balaban J connectivity index is 1.29. The summed E-state index contributed by atoms with van der Waals surface area (Å²) in [6, 6.07) is 9.82. The summed E-state index contributed by atoms with van der Waals surface area (Å²) in [6.07, 6.45) is 1.77. The summed E-state index contributed by atoms with van der Waals surface area (Å²) in [5.74, 6) is 1.67. The minimum Gasteiger partial charge on any atom is -0.378 e. The molecule has 2 aliphatic rings. The van der Waals surface area contributed by atoms with E-state index >= 15 is 0 Å². The summed E-state index contributed by atoms with van der Waals surface area (Å²) in [4.78, 5) is 21.3. The number of morpholine rings is 1. The molecule has 0 aliphatic carbocycles. The molecule has 2 aromatic rings. The van der Waals surface area contributed by atoms with Crippen LogP contribution in [-0.2, 0) is 16.1 Å². The van der Waals surface area contributed by atoms with Gasteiger partial charge in [0.05, 0.1) is 19.8 Å². The van der Waals surface area contributed by atoms with E-state index in [1.54, 1.807) is 0 Å². The zero-order chi connectivity index (χ0) is 17.8. The largest absolute Gasteiger partial charge is 0.378 e. The normalized spacial score (nSPS) is 19.6. The van der Waals surface area contributed by atoms with Crippen LogP contribution in [0.4, 0.5) is 0 Å². The number of likely N-dealkylation sites (tertiary alicyclic amines) is 1. The van der Waals surface area contributed by atoms with E-state index in [0.717, 1.165) is 44.6 Å². The molecule has 0 radical (unpaired) electrons. The lowest BCUT2D eigenvalue weighted by Gasteiger charge is -2.35. The molecule has 1 amide bonds. The highest BCUT2D eigenvalue weighted by atomic mass is 16.5. The predicted octanol–water partition coefficient (Wildman–Crippen LogP) is 1.81. The Hall–Kier alpha value is -2.25. The third-order valence-corrected chi connectivity index (χ3v) is 5.12. The van der Waals surface area contributed by atoms with Crippen molar-refractivity contribution in [1.82, 2.24) is 19.9 Å². The van der Waals surface area contributed by atoms with Gasteiger partial charge in [0, 0.05) is 24.6 Å². The van der Waals surface area contributed by atoms with Crippen molar-refractivity contribution in [3.63, 3.8) is 0 Å². The quantitative estimate of drug-likeness (QED) is 0.832. The highest BCUT2D eigenvalue weighted by molar-refractivity contribution is 5.79. The van der Waals surface area contributed by atoms with Gasteiger partial charge in [-0.15, -0.1) is 0 Å². The van der Waals surface area contributed by atoms with Crippen LogP contribution in [0, 0.1) is 5.92 Å². The molecule has 2 fully saturated rings. The molecule has 0 N–H and O–H groups in total. The Bertz CT molecular complexity index is 719. The highest BCUT2D eigenvalue weighted by Gasteiger charge is 2.29. The molecule has 2 saturated heterocycles. The summed E-state index contributed by atoms with van der Waals surface area (Å²) >= 11 is 0. The zero-order valence-corrected chi connectivity index (χ0v) is 14.8. The fourth-order valence-electron chi connectivity index (χ4n) is 3.59. The van der Waals surface area contributed by atoms with Crippen LogP contribution in [0.1, 0.15) is 18.7 Å². The molecule has 3 heterocycles. The second-order valence-electron chi connectivity index (χ2n) is 6.87. The number of hydrogen-bond donors (Lipinski definition) is 0. The van der Waals surface area contributed by atoms with Crippen molar-refractivity contribution in [3.8, 4) is 11.4 Å². The van der Waals surface area contributed by atoms with Gasteiger partial charge >= 0.3 is 0 Å². The van der Waals surface area contributed by atoms with Crippen LogP contribution in [0.15, 0.2) is 34.9 Å². The first-order valence-electron chi connectivity index (χ1n) is 9.26. The van der Waals surface area contributed by atoms with Gasteiger partial charge in [0.2, 0.25) is 17.6 Å². The molecule has 4 rings (SSSR count). The minimum absolute atomic E-state index is 0.131. The maximum atomic E-state index is 12.6. The average Bonchev–Trinajstić information content (AvgIpc) is 3.18. The lowest BCUT2D eigenvalue weighted by molar-refractivity contribution is -0.141. The van der Waals surface area contributed by atoms with Crippen molar-refractivity contribution in [3.05, 3.63) is 36.2 Å². The number of rotatable bonds is 4. The molecule has 138 valence electrons. The van der Waals surface area contributed by atoms with Crippen LogP contribution in [-0.4, -0.2) is 65.2 Å². The van der Waals surface area contributed by atoms with E-state index in [9.17, 15) is 4.79 Å². The standard InChI is InChI=1S/C19H24N4O3/c24-19(23-10-12-25-13-11-23)16-6-8-22(9-7-16)14-17-20-18(21-26-17)15-4-2-1-3-5-15/h1-5,16H,6-14H2. The Morgan fingerprint density at radius 1 is 1.08 bits per heavy atom. The van der Waals surface area contributed by atoms with E-state index < -0.39 is 0 Å². The lowest BCUT2D eigenvalue weighted by atomic mass is 9.95. The van der Waals surface area contributed by atoms with Crippen LogP contribution in [0.2, 0.25) is 0 Å². The van der Waals surface area contributed by atoms with Gasteiger partial charge in [-0.05, 0) is 25.9 Å². The first-order valence-corrected chi connectivity index (χ1v) is 9.26. The third-order valence-electron chi connectivity index (χ3n) is 5.12. The molecule has 7 heteroatoms. The van der Waals surface area contributed by atoms with Crippen molar-refractivity contribution in [2.75, 3.05) is 39.4 Å². The number of piperidine rings is 1. The number of benzene rings is 1. The summed E-state index contributed by atoms with van der Waals surface area (Å²) in [7, 11) is 0. The van der Waals surface area contributed by atoms with Crippen molar-refractivity contribution in [2.24, 2.45) is 5.92 Å². The second kappa shape index (κ2) is 7.97. The van der Waals surface area contributed by atoms with Crippen molar-refractivity contribution in [2.45, 2.75) is 19.4 Å². The minimum atomic E-state index is 0.131. The molecule has 26 heavy (non-hydrogen) atoms. The molecular weight excluding hydrogens is 332 g/mol. The summed E-state index contributed by atoms with van der Waals surface area (Å²) in [5.41, 5.74) is 0.956. The van der Waals surface area contributed by atoms with Gasteiger partial charge in [-0.25, -0.2) is 0 Å². The lowest BCUT2D eigenvalue weighted by Crippen LogP contribution is -2.46. The summed E-state index contributed by atoms with van der Waals surface area (Å²) < 4.78 is 10.7. The molecule has 0 unspecified atom stereocenters. The SMILES string of the molecule is O=C(C1CCN(Cc2nc(-c3ccccc3)no2)CC1)N1CCOCC1. The second-order valence-corrected chi connectivity index (χ2v) is 6.87. The molecule has 0 bridgehead atoms. The van der Waals surface area contributed by atoms with Crippen LogP contribution in [0.3, 0.4) is 0 Å². The fraction of sp³-hybridized carbons (Fsp3) is 0.526. The number of nitrogens with zero attached hydrogens (tertiary/aromatic N) is 4. The number of carbonyl (C=O) groups excluding carboxylic acids is 1. The predicted molar refractivity (Wildman–Crippen MR) is 95.1 cm³/mol. The summed E-state index contributed by atoms with van der Waals surface area (Å²) in [5, 5.41) is 4.07. The van der Waals surface area contributed by atoms with Gasteiger partial charge in [0.15, 0.2) is 0 Å². The van der Waals surface area contributed by atoms with Gasteiger partial charge < -0.3 is 14.2 Å². The highest BCUT2D eigenvalue weighted by Crippen LogP contribution is 2.22. The number of hydrogen-bond acceptors (Lipinski definition) is 6. The van der Waals surface area contributed by atoms with Gasteiger partial charge in [-0.2, -0.15) is 4.98 Å². The Morgan fingerprint density at radius 2 is 1.81 bits per heavy atom. The number of ether oxygens (including phenoxy) is 1. The van der Waals surface area contributed by atoms with Crippen molar-refractivity contribution in [1.29, 1.82) is 0 Å². The van der Waals surface area contributed by atoms with Gasteiger partial charge in [-0.3, -0.25) is 9.69 Å². The van der Waals surface area contributed by atoms with E-state index in [1.807, 2.05) is 35.2 Å². The zero-order valence-electron chi connectivity index (χ0n) is 14.8. The van der Waals surface area contributed by atoms with E-state index in [1.165, 1.54) is 0 Å². The van der Waals surface area contributed by atoms with Crippen LogP contribution < -0.4 is 0 Å². The number of carbonyl (C=O) groups is 1.